The summed E-state index contributed by atoms with van der Waals surface area (Å²) in [6.07, 6.45) is 3.94. The van der Waals surface area contributed by atoms with E-state index in [-0.39, 0.29) is 24.9 Å². The maximum absolute atomic E-state index is 12.1. The summed E-state index contributed by atoms with van der Waals surface area (Å²) in [6, 6.07) is 5.45. The van der Waals surface area contributed by atoms with Gasteiger partial charge in [0, 0.05) is 5.38 Å². The van der Waals surface area contributed by atoms with E-state index in [0.717, 1.165) is 5.56 Å². The summed E-state index contributed by atoms with van der Waals surface area (Å²) in [5, 5.41) is 4.75. The Labute approximate surface area is 162 Å². The third kappa shape index (κ3) is 6.41. The van der Waals surface area contributed by atoms with Crippen LogP contribution in [0.1, 0.15) is 25.1 Å². The highest BCUT2D eigenvalue weighted by atomic mass is 32.1. The first kappa shape index (κ1) is 20.4. The van der Waals surface area contributed by atoms with Crippen LogP contribution in [0.2, 0.25) is 0 Å². The Morgan fingerprint density at radius 2 is 2.11 bits per heavy atom. The van der Waals surface area contributed by atoms with Crippen LogP contribution in [-0.4, -0.2) is 37.2 Å². The fraction of sp³-hybridized carbons (Fsp3) is 0.316. The lowest BCUT2D eigenvalue weighted by molar-refractivity contribution is -0.142. The number of benzene rings is 1. The summed E-state index contributed by atoms with van der Waals surface area (Å²) in [4.78, 5) is 27.7. The quantitative estimate of drug-likeness (QED) is 0.661. The Balaban J connectivity index is 1.89. The predicted molar refractivity (Wildman–Crippen MR) is 104 cm³/mol. The van der Waals surface area contributed by atoms with Gasteiger partial charge in [0.25, 0.3) is 5.91 Å². The van der Waals surface area contributed by atoms with E-state index in [1.807, 2.05) is 31.2 Å². The van der Waals surface area contributed by atoms with Crippen molar-refractivity contribution < 1.29 is 23.8 Å². The lowest BCUT2D eigenvalue weighted by atomic mass is 10.2. The zero-order valence-corrected chi connectivity index (χ0v) is 16.3. The molecule has 0 aliphatic heterocycles. The van der Waals surface area contributed by atoms with Crippen LogP contribution >= 0.6 is 11.3 Å². The van der Waals surface area contributed by atoms with E-state index in [9.17, 15) is 9.59 Å². The third-order valence-electron chi connectivity index (χ3n) is 3.33. The first-order valence-electron chi connectivity index (χ1n) is 8.39. The number of methoxy groups -OCH3 is 1. The van der Waals surface area contributed by atoms with E-state index in [0.29, 0.717) is 28.9 Å². The first-order chi connectivity index (χ1) is 13.0. The molecular formula is C19H22N2O5S. The summed E-state index contributed by atoms with van der Waals surface area (Å²) in [7, 11) is 1.54. The number of hydrogen-bond acceptors (Lipinski definition) is 7. The van der Waals surface area contributed by atoms with Crippen molar-refractivity contribution >= 4 is 34.4 Å². The molecule has 2 rings (SSSR count). The SMILES string of the molecule is CC=Cc1ccc(OCC(=O)Nc2nc(CC(=O)OCC)cs2)c(OC)c1. The number of amides is 1. The van der Waals surface area contributed by atoms with Crippen molar-refractivity contribution in [3.05, 3.63) is 40.9 Å². The maximum Gasteiger partial charge on any atom is 0.311 e. The van der Waals surface area contributed by atoms with Crippen LogP contribution in [0.5, 0.6) is 11.5 Å². The Morgan fingerprint density at radius 3 is 2.81 bits per heavy atom. The molecule has 0 aliphatic rings. The number of nitrogens with zero attached hydrogens (tertiary/aromatic N) is 1. The predicted octanol–water partition coefficient (Wildman–Crippen LogP) is 3.31. The summed E-state index contributed by atoms with van der Waals surface area (Å²) in [5.41, 5.74) is 1.53. The zero-order valence-electron chi connectivity index (χ0n) is 15.5. The van der Waals surface area contributed by atoms with E-state index in [2.05, 4.69) is 10.3 Å². The van der Waals surface area contributed by atoms with Crippen LogP contribution in [0.4, 0.5) is 5.13 Å². The van der Waals surface area contributed by atoms with E-state index < -0.39 is 0 Å². The third-order valence-corrected chi connectivity index (χ3v) is 4.14. The van der Waals surface area contributed by atoms with E-state index in [1.54, 1.807) is 25.5 Å². The number of aromatic nitrogens is 1. The fourth-order valence-electron chi connectivity index (χ4n) is 2.20. The Kier molecular flexibility index (Phi) is 7.81. The number of carbonyl (C=O) groups excluding carboxylic acids is 2. The lowest BCUT2D eigenvalue weighted by Crippen LogP contribution is -2.20. The fourth-order valence-corrected chi connectivity index (χ4v) is 2.93. The van der Waals surface area contributed by atoms with Crippen molar-refractivity contribution in [1.82, 2.24) is 4.98 Å². The first-order valence-corrected chi connectivity index (χ1v) is 9.27. The summed E-state index contributed by atoms with van der Waals surface area (Å²) < 4.78 is 15.7. The van der Waals surface area contributed by atoms with Gasteiger partial charge in [-0.1, -0.05) is 18.2 Å². The number of rotatable bonds is 9. The number of esters is 1. The molecule has 0 unspecified atom stereocenters. The smallest absolute Gasteiger partial charge is 0.311 e. The second kappa shape index (κ2) is 10.3. The molecule has 0 aliphatic carbocycles. The molecule has 2 aromatic rings. The molecule has 0 radical (unpaired) electrons. The normalized spacial score (nSPS) is 10.6. The van der Waals surface area contributed by atoms with Crippen molar-refractivity contribution in [2.24, 2.45) is 0 Å². The van der Waals surface area contributed by atoms with Gasteiger partial charge in [-0.25, -0.2) is 4.98 Å². The molecule has 7 nitrogen and oxygen atoms in total. The maximum atomic E-state index is 12.1. The number of thiazole rings is 1. The number of nitrogens with one attached hydrogen (secondary N) is 1. The van der Waals surface area contributed by atoms with Crippen molar-refractivity contribution in [2.75, 3.05) is 25.6 Å². The van der Waals surface area contributed by atoms with Crippen LogP contribution in [0.25, 0.3) is 6.08 Å². The summed E-state index contributed by atoms with van der Waals surface area (Å²) >= 11 is 1.24. The number of ether oxygens (including phenoxy) is 3. The molecule has 0 spiro atoms. The monoisotopic (exact) mass is 390 g/mol. The minimum absolute atomic E-state index is 0.0759. The summed E-state index contributed by atoms with van der Waals surface area (Å²) in [5.74, 6) is 0.316. The van der Waals surface area contributed by atoms with Crippen LogP contribution < -0.4 is 14.8 Å². The van der Waals surface area contributed by atoms with Gasteiger partial charge in [-0.3, -0.25) is 14.9 Å². The van der Waals surface area contributed by atoms with Crippen molar-refractivity contribution in [1.29, 1.82) is 0 Å². The van der Waals surface area contributed by atoms with Gasteiger partial charge >= 0.3 is 5.97 Å². The minimum Gasteiger partial charge on any atom is -0.493 e. The van der Waals surface area contributed by atoms with Gasteiger partial charge in [0.15, 0.2) is 23.2 Å². The van der Waals surface area contributed by atoms with Gasteiger partial charge in [-0.05, 0) is 31.5 Å². The number of allylic oxidation sites excluding steroid dienone is 1. The zero-order chi connectivity index (χ0) is 19.6. The Hall–Kier alpha value is -2.87. The molecule has 0 atom stereocenters. The highest BCUT2D eigenvalue weighted by molar-refractivity contribution is 7.13. The van der Waals surface area contributed by atoms with E-state index in [4.69, 9.17) is 14.2 Å². The molecular weight excluding hydrogens is 368 g/mol. The van der Waals surface area contributed by atoms with E-state index in [1.165, 1.54) is 11.3 Å². The van der Waals surface area contributed by atoms with Gasteiger partial charge in [0.2, 0.25) is 0 Å². The van der Waals surface area contributed by atoms with Crippen LogP contribution in [-0.2, 0) is 20.7 Å². The molecule has 0 saturated heterocycles. The molecule has 0 fully saturated rings. The average molecular weight is 390 g/mol. The van der Waals surface area contributed by atoms with Crippen LogP contribution in [0, 0.1) is 0 Å². The molecule has 27 heavy (non-hydrogen) atoms. The second-order valence-electron chi connectivity index (χ2n) is 5.37. The van der Waals surface area contributed by atoms with Crippen LogP contribution in [0.15, 0.2) is 29.7 Å². The molecule has 1 N–H and O–H groups in total. The van der Waals surface area contributed by atoms with Gasteiger partial charge in [0.05, 0.1) is 25.8 Å². The standard InChI is InChI=1S/C19H22N2O5S/c1-4-6-13-7-8-15(16(9-13)24-3)26-11-17(22)21-19-20-14(12-27-19)10-18(23)25-5-2/h4,6-9,12H,5,10-11H2,1-3H3,(H,20,21,22). The van der Waals surface area contributed by atoms with E-state index >= 15 is 0 Å². The molecule has 1 aromatic carbocycles. The minimum atomic E-state index is -0.355. The lowest BCUT2D eigenvalue weighted by Gasteiger charge is -2.11. The molecule has 8 heteroatoms. The number of hydrogen-bond donors (Lipinski definition) is 1. The van der Waals surface area contributed by atoms with Gasteiger partial charge in [-0.15, -0.1) is 11.3 Å². The van der Waals surface area contributed by atoms with Crippen molar-refractivity contribution in [3.63, 3.8) is 0 Å². The molecule has 0 bridgehead atoms. The topological polar surface area (TPSA) is 86.8 Å². The highest BCUT2D eigenvalue weighted by Crippen LogP contribution is 2.28. The number of carbonyl (C=O) groups is 2. The molecule has 0 saturated carbocycles. The van der Waals surface area contributed by atoms with Gasteiger partial charge < -0.3 is 14.2 Å². The number of anilines is 1. The van der Waals surface area contributed by atoms with Crippen LogP contribution in [0.3, 0.4) is 0 Å². The average Bonchev–Trinajstić information content (AvgIpc) is 3.07. The molecule has 1 heterocycles. The Morgan fingerprint density at radius 1 is 1.30 bits per heavy atom. The second-order valence-corrected chi connectivity index (χ2v) is 6.23. The molecule has 144 valence electrons. The van der Waals surface area contributed by atoms with Crippen molar-refractivity contribution in [2.45, 2.75) is 20.3 Å². The highest BCUT2D eigenvalue weighted by Gasteiger charge is 2.12. The Bertz CT molecular complexity index is 816. The van der Waals surface area contributed by atoms with Crippen molar-refractivity contribution in [3.8, 4) is 11.5 Å². The molecule has 1 amide bonds. The largest absolute Gasteiger partial charge is 0.493 e. The van der Waals surface area contributed by atoms with Gasteiger partial charge in [0.1, 0.15) is 0 Å². The summed E-state index contributed by atoms with van der Waals surface area (Å²) in [6.45, 7) is 3.81. The van der Waals surface area contributed by atoms with Gasteiger partial charge in [-0.2, -0.15) is 0 Å². The molecule has 1 aromatic heterocycles.